The highest BCUT2D eigenvalue weighted by molar-refractivity contribution is 8.16. The van der Waals surface area contributed by atoms with Gasteiger partial charge in [0.25, 0.3) is 5.91 Å². The second-order valence-electron chi connectivity index (χ2n) is 7.81. The van der Waals surface area contributed by atoms with Crippen LogP contribution in [0.2, 0.25) is 0 Å². The number of nitrogens with zero attached hydrogens (tertiary/aromatic N) is 2. The minimum atomic E-state index is -3.09. The second-order valence-corrected chi connectivity index (χ2v) is 11.2. The van der Waals surface area contributed by atoms with Gasteiger partial charge in [0.2, 0.25) is 0 Å². The summed E-state index contributed by atoms with van der Waals surface area (Å²) < 4.78 is 29.9. The van der Waals surface area contributed by atoms with E-state index < -0.39 is 15.7 Å². The number of hydrogen-bond donors (Lipinski definition) is 0. The third-order valence-corrected chi connectivity index (χ3v) is 8.44. The van der Waals surface area contributed by atoms with Gasteiger partial charge in [0.05, 0.1) is 17.5 Å². The first-order valence-corrected chi connectivity index (χ1v) is 12.6. The molecule has 2 aromatic carbocycles. The summed E-state index contributed by atoms with van der Waals surface area (Å²) >= 11 is 1.37. The summed E-state index contributed by atoms with van der Waals surface area (Å²) in [5, 5.41) is 0.417. The van der Waals surface area contributed by atoms with Crippen LogP contribution in [0.5, 0.6) is 5.75 Å². The second kappa shape index (κ2) is 8.43. The molecule has 2 heterocycles. The van der Waals surface area contributed by atoms with E-state index in [0.717, 1.165) is 5.69 Å². The van der Waals surface area contributed by atoms with Crippen LogP contribution < -0.4 is 9.64 Å². The SMILES string of the molecule is CC(C)c1ccc(N2C(=NC(=O)COc3ccccc3)SC3CS(=O)(=O)CC32)cc1. The number of ether oxygens (including phenoxy) is 1. The zero-order valence-corrected chi connectivity index (χ0v) is 18.5. The summed E-state index contributed by atoms with van der Waals surface area (Å²) in [5.74, 6) is 0.791. The number of hydrogen-bond acceptors (Lipinski definition) is 5. The van der Waals surface area contributed by atoms with Crippen molar-refractivity contribution in [3.63, 3.8) is 0 Å². The van der Waals surface area contributed by atoms with Crippen molar-refractivity contribution in [2.24, 2.45) is 4.99 Å². The van der Waals surface area contributed by atoms with E-state index in [1.807, 2.05) is 47.4 Å². The molecule has 2 saturated heterocycles. The van der Waals surface area contributed by atoms with Crippen LogP contribution in [0, 0.1) is 0 Å². The van der Waals surface area contributed by atoms with Gasteiger partial charge >= 0.3 is 0 Å². The number of rotatable bonds is 5. The molecule has 0 N–H and O–H groups in total. The van der Waals surface area contributed by atoms with E-state index in [9.17, 15) is 13.2 Å². The molecule has 4 rings (SSSR count). The average Bonchev–Trinajstić information content (AvgIpc) is 3.18. The largest absolute Gasteiger partial charge is 0.484 e. The highest BCUT2D eigenvalue weighted by Gasteiger charge is 2.49. The lowest BCUT2D eigenvalue weighted by atomic mass is 10.0. The van der Waals surface area contributed by atoms with Crippen molar-refractivity contribution in [3.05, 3.63) is 60.2 Å². The molecule has 2 aromatic rings. The molecule has 158 valence electrons. The maximum Gasteiger partial charge on any atom is 0.285 e. The fraction of sp³-hybridized carbons (Fsp3) is 0.364. The van der Waals surface area contributed by atoms with E-state index in [-0.39, 0.29) is 29.4 Å². The van der Waals surface area contributed by atoms with Crippen LogP contribution in [0.3, 0.4) is 0 Å². The number of aliphatic imine (C=N–C) groups is 1. The Balaban J connectivity index is 1.57. The topological polar surface area (TPSA) is 76.0 Å². The van der Waals surface area contributed by atoms with Gasteiger partial charge in [-0.05, 0) is 35.7 Å². The van der Waals surface area contributed by atoms with Gasteiger partial charge in [0, 0.05) is 10.9 Å². The number of para-hydroxylation sites is 1. The summed E-state index contributed by atoms with van der Waals surface area (Å²) in [5.41, 5.74) is 2.05. The first-order valence-electron chi connectivity index (χ1n) is 9.88. The molecule has 6 nitrogen and oxygen atoms in total. The summed E-state index contributed by atoms with van der Waals surface area (Å²) in [6, 6.07) is 16.9. The van der Waals surface area contributed by atoms with Gasteiger partial charge in [-0.3, -0.25) is 4.79 Å². The van der Waals surface area contributed by atoms with Crippen LogP contribution in [0.25, 0.3) is 0 Å². The van der Waals surface area contributed by atoms with Crippen LogP contribution >= 0.6 is 11.8 Å². The Morgan fingerprint density at radius 1 is 1.13 bits per heavy atom. The van der Waals surface area contributed by atoms with Gasteiger partial charge in [0.1, 0.15) is 5.75 Å². The summed E-state index contributed by atoms with van der Waals surface area (Å²) in [7, 11) is -3.09. The molecular weight excluding hydrogens is 420 g/mol. The van der Waals surface area contributed by atoms with Gasteiger partial charge in [-0.2, -0.15) is 4.99 Å². The zero-order chi connectivity index (χ0) is 21.3. The molecule has 1 amide bonds. The molecular formula is C22H24N2O4S2. The number of carbonyl (C=O) groups excluding carboxylic acids is 1. The van der Waals surface area contributed by atoms with Crippen LogP contribution in [0.15, 0.2) is 59.6 Å². The highest BCUT2D eigenvalue weighted by atomic mass is 32.2. The van der Waals surface area contributed by atoms with Crippen LogP contribution in [0.1, 0.15) is 25.3 Å². The number of amidine groups is 1. The molecule has 0 bridgehead atoms. The monoisotopic (exact) mass is 444 g/mol. The predicted molar refractivity (Wildman–Crippen MR) is 121 cm³/mol. The molecule has 0 aliphatic carbocycles. The van der Waals surface area contributed by atoms with E-state index in [2.05, 4.69) is 18.8 Å². The minimum Gasteiger partial charge on any atom is -0.484 e. The molecule has 0 radical (unpaired) electrons. The van der Waals surface area contributed by atoms with Crippen molar-refractivity contribution in [3.8, 4) is 5.75 Å². The molecule has 0 spiro atoms. The van der Waals surface area contributed by atoms with Crippen molar-refractivity contribution in [1.29, 1.82) is 0 Å². The van der Waals surface area contributed by atoms with E-state index in [0.29, 0.717) is 16.8 Å². The maximum absolute atomic E-state index is 12.5. The fourth-order valence-corrected chi connectivity index (χ4v) is 7.62. The average molecular weight is 445 g/mol. The van der Waals surface area contributed by atoms with Crippen molar-refractivity contribution < 1.29 is 17.9 Å². The molecule has 0 aromatic heterocycles. The Bertz CT molecular complexity index is 1050. The maximum atomic E-state index is 12.5. The molecule has 8 heteroatoms. The molecule has 2 fully saturated rings. The fourth-order valence-electron chi connectivity index (χ4n) is 3.69. The van der Waals surface area contributed by atoms with E-state index in [4.69, 9.17) is 4.74 Å². The van der Waals surface area contributed by atoms with E-state index in [1.165, 1.54) is 17.3 Å². The highest BCUT2D eigenvalue weighted by Crippen LogP contribution is 2.41. The minimum absolute atomic E-state index is 0.0737. The van der Waals surface area contributed by atoms with Crippen molar-refractivity contribution in [2.45, 2.75) is 31.1 Å². The number of thioether (sulfide) groups is 1. The Morgan fingerprint density at radius 2 is 1.83 bits per heavy atom. The molecule has 2 aliphatic rings. The zero-order valence-electron chi connectivity index (χ0n) is 16.9. The Labute approximate surface area is 181 Å². The molecule has 2 atom stereocenters. The Morgan fingerprint density at radius 3 is 2.50 bits per heavy atom. The third kappa shape index (κ3) is 4.54. The number of sulfone groups is 1. The summed E-state index contributed by atoms with van der Waals surface area (Å²) in [6.07, 6.45) is 0. The van der Waals surface area contributed by atoms with Crippen LogP contribution in [-0.2, 0) is 14.6 Å². The van der Waals surface area contributed by atoms with Gasteiger partial charge in [-0.15, -0.1) is 0 Å². The summed E-state index contributed by atoms with van der Waals surface area (Å²) in [6.45, 7) is 4.08. The van der Waals surface area contributed by atoms with Gasteiger partial charge < -0.3 is 9.64 Å². The number of fused-ring (bicyclic) bond motifs is 1. The predicted octanol–water partition coefficient (Wildman–Crippen LogP) is 3.49. The number of carbonyl (C=O) groups is 1. The van der Waals surface area contributed by atoms with Crippen LogP contribution in [-0.4, -0.2) is 48.9 Å². The van der Waals surface area contributed by atoms with Crippen molar-refractivity contribution in [1.82, 2.24) is 0 Å². The van der Waals surface area contributed by atoms with Crippen molar-refractivity contribution >= 4 is 38.4 Å². The lowest BCUT2D eigenvalue weighted by molar-refractivity contribution is -0.119. The smallest absolute Gasteiger partial charge is 0.285 e. The molecule has 2 aliphatic heterocycles. The first kappa shape index (κ1) is 20.9. The number of benzene rings is 2. The molecule has 30 heavy (non-hydrogen) atoms. The standard InChI is InChI=1S/C22H24N2O4S2/c1-15(2)16-8-10-17(11-9-16)24-19-13-30(26,27)14-20(19)29-22(24)23-21(25)12-28-18-6-4-3-5-7-18/h3-11,15,19-20H,12-14H2,1-2H3. The van der Waals surface area contributed by atoms with Gasteiger partial charge in [-0.25, -0.2) is 8.42 Å². The lowest BCUT2D eigenvalue weighted by Gasteiger charge is -2.25. The third-order valence-electron chi connectivity index (χ3n) is 5.23. The van der Waals surface area contributed by atoms with Crippen molar-refractivity contribution in [2.75, 3.05) is 23.0 Å². The first-order chi connectivity index (χ1) is 14.3. The van der Waals surface area contributed by atoms with Gasteiger partial charge in [-0.1, -0.05) is 55.9 Å². The molecule has 2 unspecified atom stereocenters. The lowest BCUT2D eigenvalue weighted by Crippen LogP contribution is -2.37. The normalized spacial score (nSPS) is 23.7. The number of amides is 1. The van der Waals surface area contributed by atoms with Gasteiger partial charge in [0.15, 0.2) is 21.6 Å². The van der Waals surface area contributed by atoms with E-state index in [1.54, 1.807) is 12.1 Å². The summed E-state index contributed by atoms with van der Waals surface area (Å²) in [4.78, 5) is 18.7. The molecule has 0 saturated carbocycles. The quantitative estimate of drug-likeness (QED) is 0.703. The Hall–Kier alpha value is -2.32. The number of anilines is 1. The Kier molecular flexibility index (Phi) is 5.88. The van der Waals surface area contributed by atoms with E-state index >= 15 is 0 Å². The van der Waals surface area contributed by atoms with Crippen LogP contribution in [0.4, 0.5) is 5.69 Å².